The molecule has 0 amide bonds. The van der Waals surface area contributed by atoms with E-state index in [4.69, 9.17) is 4.74 Å². The van der Waals surface area contributed by atoms with Crippen LogP contribution in [0.1, 0.15) is 39.5 Å². The van der Waals surface area contributed by atoms with Gasteiger partial charge in [0, 0.05) is 17.8 Å². The lowest BCUT2D eigenvalue weighted by molar-refractivity contribution is 0.232. The lowest BCUT2D eigenvalue weighted by Gasteiger charge is -2.35. The molecule has 0 radical (unpaired) electrons. The van der Waals surface area contributed by atoms with E-state index in [0.717, 1.165) is 18.5 Å². The fourth-order valence-electron chi connectivity index (χ4n) is 2.54. The van der Waals surface area contributed by atoms with Gasteiger partial charge < -0.3 is 10.1 Å². The minimum Gasteiger partial charge on any atom is -0.494 e. The first-order valence-electron chi connectivity index (χ1n) is 6.60. The van der Waals surface area contributed by atoms with E-state index >= 15 is 0 Å². The van der Waals surface area contributed by atoms with Crippen LogP contribution in [0.5, 0.6) is 5.75 Å². The Morgan fingerprint density at radius 1 is 1.28 bits per heavy atom. The van der Waals surface area contributed by atoms with Crippen molar-refractivity contribution in [3.8, 4) is 5.75 Å². The molecule has 1 saturated carbocycles. The Bertz CT molecular complexity index is 407. The average Bonchev–Trinajstić information content (AvgIpc) is 2.32. The second-order valence-electron chi connectivity index (χ2n) is 5.93. The van der Waals surface area contributed by atoms with Crippen LogP contribution in [-0.2, 0) is 0 Å². The van der Waals surface area contributed by atoms with E-state index in [1.165, 1.54) is 26.0 Å². The Kier molecular flexibility index (Phi) is 3.79. The van der Waals surface area contributed by atoms with Crippen LogP contribution < -0.4 is 10.1 Å². The Hall–Kier alpha value is -1.25. The molecule has 1 N–H and O–H groups in total. The maximum atomic E-state index is 13.6. The summed E-state index contributed by atoms with van der Waals surface area (Å²) >= 11 is 0. The number of hydrogen-bond donors (Lipinski definition) is 1. The molecule has 1 fully saturated rings. The lowest BCUT2D eigenvalue weighted by atomic mass is 9.75. The van der Waals surface area contributed by atoms with Gasteiger partial charge in [0.2, 0.25) is 0 Å². The lowest BCUT2D eigenvalue weighted by Crippen LogP contribution is -2.29. The molecule has 0 spiro atoms. The molecule has 18 heavy (non-hydrogen) atoms. The van der Waals surface area contributed by atoms with E-state index < -0.39 is 0 Å². The van der Waals surface area contributed by atoms with Crippen LogP contribution in [0.15, 0.2) is 18.2 Å². The zero-order valence-corrected chi connectivity index (χ0v) is 11.4. The summed E-state index contributed by atoms with van der Waals surface area (Å²) in [6.07, 6.45) is 4.76. The van der Waals surface area contributed by atoms with Crippen molar-refractivity contribution in [2.24, 2.45) is 5.41 Å². The molecule has 0 unspecified atom stereocenters. The summed E-state index contributed by atoms with van der Waals surface area (Å²) in [5, 5.41) is 3.42. The van der Waals surface area contributed by atoms with Crippen molar-refractivity contribution in [3.63, 3.8) is 0 Å². The highest BCUT2D eigenvalue weighted by atomic mass is 19.1. The summed E-state index contributed by atoms with van der Waals surface area (Å²) in [5.74, 6) is -0.0102. The Labute approximate surface area is 109 Å². The smallest absolute Gasteiger partial charge is 0.167 e. The van der Waals surface area contributed by atoms with Gasteiger partial charge >= 0.3 is 0 Å². The second-order valence-corrected chi connectivity index (χ2v) is 5.93. The van der Waals surface area contributed by atoms with Crippen LogP contribution in [0.4, 0.5) is 10.1 Å². The molecular formula is C15H22FNO. The molecule has 1 aliphatic rings. The van der Waals surface area contributed by atoms with Crippen molar-refractivity contribution in [1.82, 2.24) is 0 Å². The summed E-state index contributed by atoms with van der Waals surface area (Å²) in [7, 11) is 1.48. The summed E-state index contributed by atoms with van der Waals surface area (Å²) < 4.78 is 18.5. The summed E-state index contributed by atoms with van der Waals surface area (Å²) in [6, 6.07) is 5.52. The standard InChI is InChI=1S/C15H22FNO/c1-15(2)8-6-11(7-9-15)17-12-4-5-14(18-3)13(16)10-12/h4-5,10-11,17H,6-9H2,1-3H3. The van der Waals surface area contributed by atoms with Crippen molar-refractivity contribution in [3.05, 3.63) is 24.0 Å². The monoisotopic (exact) mass is 251 g/mol. The number of rotatable bonds is 3. The minimum atomic E-state index is -0.307. The van der Waals surface area contributed by atoms with Gasteiger partial charge in [-0.1, -0.05) is 13.8 Å². The number of halogens is 1. The third kappa shape index (κ3) is 3.15. The first kappa shape index (κ1) is 13.2. The van der Waals surface area contributed by atoms with Crippen LogP contribution in [0.25, 0.3) is 0 Å². The number of methoxy groups -OCH3 is 1. The molecular weight excluding hydrogens is 229 g/mol. The molecule has 1 aliphatic carbocycles. The molecule has 1 aromatic rings. The van der Waals surface area contributed by atoms with Gasteiger partial charge in [0.15, 0.2) is 11.6 Å². The SMILES string of the molecule is COc1ccc(NC2CCC(C)(C)CC2)cc1F. The predicted molar refractivity (Wildman–Crippen MR) is 72.6 cm³/mol. The third-order valence-electron chi connectivity index (χ3n) is 3.86. The van der Waals surface area contributed by atoms with E-state index in [0.29, 0.717) is 17.2 Å². The van der Waals surface area contributed by atoms with Crippen molar-refractivity contribution in [2.45, 2.75) is 45.6 Å². The van der Waals surface area contributed by atoms with Gasteiger partial charge in [-0.3, -0.25) is 0 Å². The molecule has 100 valence electrons. The number of nitrogens with one attached hydrogen (secondary N) is 1. The molecule has 0 bridgehead atoms. The Balaban J connectivity index is 1.96. The number of anilines is 1. The third-order valence-corrected chi connectivity index (χ3v) is 3.86. The molecule has 2 nitrogen and oxygen atoms in total. The molecule has 2 rings (SSSR count). The van der Waals surface area contributed by atoms with Gasteiger partial charge in [-0.05, 0) is 43.2 Å². The molecule has 0 saturated heterocycles. The number of ether oxygens (including phenoxy) is 1. The Morgan fingerprint density at radius 3 is 2.50 bits per heavy atom. The highest BCUT2D eigenvalue weighted by molar-refractivity contribution is 5.48. The highest BCUT2D eigenvalue weighted by Gasteiger charge is 2.26. The van der Waals surface area contributed by atoms with Crippen LogP contribution in [-0.4, -0.2) is 13.2 Å². The molecule has 1 aromatic carbocycles. The quantitative estimate of drug-likeness (QED) is 0.868. The summed E-state index contributed by atoms with van der Waals surface area (Å²) in [5.41, 5.74) is 1.31. The van der Waals surface area contributed by atoms with Gasteiger partial charge in [0.05, 0.1) is 7.11 Å². The molecule has 0 aliphatic heterocycles. The van der Waals surface area contributed by atoms with Crippen molar-refractivity contribution < 1.29 is 9.13 Å². The largest absolute Gasteiger partial charge is 0.494 e. The van der Waals surface area contributed by atoms with Crippen LogP contribution >= 0.6 is 0 Å². The zero-order valence-electron chi connectivity index (χ0n) is 11.4. The van der Waals surface area contributed by atoms with Crippen molar-refractivity contribution in [1.29, 1.82) is 0 Å². The first-order chi connectivity index (χ1) is 8.50. The van der Waals surface area contributed by atoms with E-state index in [1.54, 1.807) is 6.07 Å². The summed E-state index contributed by atoms with van der Waals surface area (Å²) in [6.45, 7) is 4.63. The normalized spacial score (nSPS) is 19.6. The van der Waals surface area contributed by atoms with E-state index in [-0.39, 0.29) is 5.82 Å². The van der Waals surface area contributed by atoms with Gasteiger partial charge in [-0.2, -0.15) is 0 Å². The second kappa shape index (κ2) is 5.17. The fraction of sp³-hybridized carbons (Fsp3) is 0.600. The highest BCUT2D eigenvalue weighted by Crippen LogP contribution is 2.36. The zero-order chi connectivity index (χ0) is 13.2. The number of hydrogen-bond acceptors (Lipinski definition) is 2. The fourth-order valence-corrected chi connectivity index (χ4v) is 2.54. The van der Waals surface area contributed by atoms with Gasteiger partial charge in [-0.15, -0.1) is 0 Å². The van der Waals surface area contributed by atoms with Crippen LogP contribution in [0.2, 0.25) is 0 Å². The van der Waals surface area contributed by atoms with Gasteiger partial charge in [0.25, 0.3) is 0 Å². The number of benzene rings is 1. The molecule has 0 aromatic heterocycles. The van der Waals surface area contributed by atoms with Crippen LogP contribution in [0, 0.1) is 11.2 Å². The average molecular weight is 251 g/mol. The first-order valence-corrected chi connectivity index (χ1v) is 6.60. The molecule has 3 heteroatoms. The van der Waals surface area contributed by atoms with E-state index in [9.17, 15) is 4.39 Å². The van der Waals surface area contributed by atoms with E-state index in [2.05, 4.69) is 19.2 Å². The topological polar surface area (TPSA) is 21.3 Å². The van der Waals surface area contributed by atoms with Crippen LogP contribution in [0.3, 0.4) is 0 Å². The van der Waals surface area contributed by atoms with Crippen molar-refractivity contribution >= 4 is 5.69 Å². The van der Waals surface area contributed by atoms with Gasteiger partial charge in [0.1, 0.15) is 0 Å². The van der Waals surface area contributed by atoms with E-state index in [1.807, 2.05) is 6.07 Å². The molecule has 0 heterocycles. The summed E-state index contributed by atoms with van der Waals surface area (Å²) in [4.78, 5) is 0. The van der Waals surface area contributed by atoms with Gasteiger partial charge in [-0.25, -0.2) is 4.39 Å². The molecule has 0 atom stereocenters. The maximum Gasteiger partial charge on any atom is 0.167 e. The predicted octanol–water partition coefficient (Wildman–Crippen LogP) is 4.22. The maximum absolute atomic E-state index is 13.6. The van der Waals surface area contributed by atoms with Crippen molar-refractivity contribution in [2.75, 3.05) is 12.4 Å². The Morgan fingerprint density at radius 2 is 1.94 bits per heavy atom. The minimum absolute atomic E-state index is 0.297.